The zero-order valence-electron chi connectivity index (χ0n) is 11.7. The quantitative estimate of drug-likeness (QED) is 0.874. The number of alkyl halides is 3. The van der Waals surface area contributed by atoms with Gasteiger partial charge in [-0.1, -0.05) is 26.0 Å². The van der Waals surface area contributed by atoms with E-state index in [0.29, 0.717) is 11.5 Å². The summed E-state index contributed by atoms with van der Waals surface area (Å²) >= 11 is 0. The summed E-state index contributed by atoms with van der Waals surface area (Å²) < 4.78 is 37.1. The van der Waals surface area contributed by atoms with Gasteiger partial charge in [-0.05, 0) is 30.5 Å². The van der Waals surface area contributed by atoms with Gasteiger partial charge in [0, 0.05) is 12.6 Å². The van der Waals surface area contributed by atoms with Crippen molar-refractivity contribution in [1.29, 1.82) is 0 Å². The van der Waals surface area contributed by atoms with Gasteiger partial charge in [-0.15, -0.1) is 0 Å². The van der Waals surface area contributed by atoms with E-state index in [1.165, 1.54) is 12.1 Å². The SMILES string of the molecule is CC(C)C(C)NC(=O)NCc1ccc(C(F)(F)F)cc1. The van der Waals surface area contributed by atoms with Gasteiger partial charge in [0.25, 0.3) is 0 Å². The number of hydrogen-bond donors (Lipinski definition) is 2. The van der Waals surface area contributed by atoms with Crippen LogP contribution in [0, 0.1) is 5.92 Å². The van der Waals surface area contributed by atoms with E-state index < -0.39 is 11.7 Å². The molecule has 0 saturated carbocycles. The second-order valence-electron chi connectivity index (χ2n) is 5.05. The first-order chi connectivity index (χ1) is 9.20. The molecule has 2 N–H and O–H groups in total. The first-order valence-corrected chi connectivity index (χ1v) is 6.40. The van der Waals surface area contributed by atoms with Crippen molar-refractivity contribution < 1.29 is 18.0 Å². The summed E-state index contributed by atoms with van der Waals surface area (Å²) in [6, 6.07) is 4.43. The van der Waals surface area contributed by atoms with Gasteiger partial charge in [-0.3, -0.25) is 0 Å². The van der Waals surface area contributed by atoms with Crippen molar-refractivity contribution in [3.8, 4) is 0 Å². The van der Waals surface area contributed by atoms with Gasteiger partial charge in [0.15, 0.2) is 0 Å². The number of benzene rings is 1. The zero-order valence-corrected chi connectivity index (χ0v) is 11.7. The van der Waals surface area contributed by atoms with Crippen LogP contribution >= 0.6 is 0 Å². The highest BCUT2D eigenvalue weighted by Crippen LogP contribution is 2.28. The maximum atomic E-state index is 12.4. The maximum Gasteiger partial charge on any atom is 0.416 e. The largest absolute Gasteiger partial charge is 0.416 e. The predicted octanol–water partition coefficient (Wildman–Crippen LogP) is 3.55. The average molecular weight is 288 g/mol. The number of nitrogens with one attached hydrogen (secondary N) is 2. The third kappa shape index (κ3) is 5.11. The molecule has 1 rings (SSSR count). The van der Waals surface area contributed by atoms with Crippen LogP contribution in [0.15, 0.2) is 24.3 Å². The van der Waals surface area contributed by atoms with Crippen molar-refractivity contribution in [2.75, 3.05) is 0 Å². The van der Waals surface area contributed by atoms with Crippen molar-refractivity contribution in [3.63, 3.8) is 0 Å². The molecule has 0 radical (unpaired) electrons. The Morgan fingerprint density at radius 1 is 1.15 bits per heavy atom. The third-order valence-electron chi connectivity index (χ3n) is 3.09. The van der Waals surface area contributed by atoms with Gasteiger partial charge >= 0.3 is 12.2 Å². The van der Waals surface area contributed by atoms with Gasteiger partial charge in [-0.2, -0.15) is 13.2 Å². The standard InChI is InChI=1S/C14H19F3N2O/c1-9(2)10(3)19-13(20)18-8-11-4-6-12(7-5-11)14(15,16)17/h4-7,9-10H,8H2,1-3H3,(H2,18,19,20). The van der Waals surface area contributed by atoms with Gasteiger partial charge < -0.3 is 10.6 Å². The number of amides is 2. The molecule has 3 nitrogen and oxygen atoms in total. The molecule has 1 aromatic carbocycles. The minimum atomic E-state index is -4.34. The Balaban J connectivity index is 2.48. The van der Waals surface area contributed by atoms with E-state index in [-0.39, 0.29) is 18.6 Å². The van der Waals surface area contributed by atoms with Crippen LogP contribution in [0.2, 0.25) is 0 Å². The Morgan fingerprint density at radius 2 is 1.70 bits per heavy atom. The molecule has 1 aromatic rings. The number of halogens is 3. The fourth-order valence-electron chi connectivity index (χ4n) is 1.42. The van der Waals surface area contributed by atoms with Crippen molar-refractivity contribution in [2.45, 2.75) is 39.5 Å². The van der Waals surface area contributed by atoms with Gasteiger partial charge in [0.05, 0.1) is 5.56 Å². The molecule has 0 heterocycles. The van der Waals surface area contributed by atoms with Gasteiger partial charge in [0.2, 0.25) is 0 Å². The third-order valence-corrected chi connectivity index (χ3v) is 3.09. The van der Waals surface area contributed by atoms with Crippen LogP contribution in [0.25, 0.3) is 0 Å². The first-order valence-electron chi connectivity index (χ1n) is 6.40. The molecule has 1 atom stereocenters. The summed E-state index contributed by atoms with van der Waals surface area (Å²) in [5.41, 5.74) is -0.0792. The molecule has 0 saturated heterocycles. The molecular formula is C14H19F3N2O. The smallest absolute Gasteiger partial charge is 0.335 e. The number of carbonyl (C=O) groups is 1. The van der Waals surface area contributed by atoms with Crippen LogP contribution in [0.5, 0.6) is 0 Å². The van der Waals surface area contributed by atoms with Crippen LogP contribution in [0.1, 0.15) is 31.9 Å². The van der Waals surface area contributed by atoms with E-state index in [2.05, 4.69) is 10.6 Å². The van der Waals surface area contributed by atoms with Crippen LogP contribution in [0.4, 0.5) is 18.0 Å². The Morgan fingerprint density at radius 3 is 2.15 bits per heavy atom. The molecular weight excluding hydrogens is 269 g/mol. The fraction of sp³-hybridized carbons (Fsp3) is 0.500. The molecule has 0 aliphatic rings. The van der Waals surface area contributed by atoms with Crippen molar-refractivity contribution in [1.82, 2.24) is 10.6 Å². The lowest BCUT2D eigenvalue weighted by Crippen LogP contribution is -2.42. The summed E-state index contributed by atoms with van der Waals surface area (Å²) in [6.07, 6.45) is -4.34. The highest BCUT2D eigenvalue weighted by molar-refractivity contribution is 5.74. The van der Waals surface area contributed by atoms with Crippen molar-refractivity contribution in [2.24, 2.45) is 5.92 Å². The van der Waals surface area contributed by atoms with Crippen molar-refractivity contribution in [3.05, 3.63) is 35.4 Å². The minimum absolute atomic E-state index is 0.0302. The van der Waals surface area contributed by atoms with Crippen LogP contribution in [-0.2, 0) is 12.7 Å². The van der Waals surface area contributed by atoms with E-state index in [1.807, 2.05) is 20.8 Å². The van der Waals surface area contributed by atoms with Crippen LogP contribution in [-0.4, -0.2) is 12.1 Å². The molecule has 0 aromatic heterocycles. The number of hydrogen-bond acceptors (Lipinski definition) is 1. The summed E-state index contributed by atoms with van der Waals surface area (Å²) in [6.45, 7) is 6.05. The molecule has 2 amide bonds. The lowest BCUT2D eigenvalue weighted by atomic mass is 10.1. The number of urea groups is 1. The van der Waals surface area contributed by atoms with Gasteiger partial charge in [-0.25, -0.2) is 4.79 Å². The molecule has 0 spiro atoms. The summed E-state index contributed by atoms with van der Waals surface area (Å²) in [7, 11) is 0. The van der Waals surface area contributed by atoms with E-state index >= 15 is 0 Å². The normalized spacial score (nSPS) is 13.2. The van der Waals surface area contributed by atoms with Crippen LogP contribution < -0.4 is 10.6 Å². The monoisotopic (exact) mass is 288 g/mol. The topological polar surface area (TPSA) is 41.1 Å². The van der Waals surface area contributed by atoms with E-state index in [4.69, 9.17) is 0 Å². The number of rotatable bonds is 4. The minimum Gasteiger partial charge on any atom is -0.335 e. The zero-order chi connectivity index (χ0) is 15.3. The first kappa shape index (κ1) is 16.3. The molecule has 0 aliphatic heterocycles. The van der Waals surface area contributed by atoms with E-state index in [1.54, 1.807) is 0 Å². The summed E-state index contributed by atoms with van der Waals surface area (Å²) in [5.74, 6) is 0.312. The second kappa shape index (κ2) is 6.63. The predicted molar refractivity (Wildman–Crippen MR) is 71.1 cm³/mol. The molecule has 6 heteroatoms. The molecule has 112 valence electrons. The lowest BCUT2D eigenvalue weighted by Gasteiger charge is -2.17. The molecule has 20 heavy (non-hydrogen) atoms. The van der Waals surface area contributed by atoms with E-state index in [9.17, 15) is 18.0 Å². The Hall–Kier alpha value is -1.72. The van der Waals surface area contributed by atoms with Gasteiger partial charge in [0.1, 0.15) is 0 Å². The molecule has 0 bridgehead atoms. The highest BCUT2D eigenvalue weighted by atomic mass is 19.4. The molecule has 0 aliphatic carbocycles. The average Bonchev–Trinajstić information content (AvgIpc) is 2.35. The lowest BCUT2D eigenvalue weighted by molar-refractivity contribution is -0.137. The highest BCUT2D eigenvalue weighted by Gasteiger charge is 2.29. The Labute approximate surface area is 116 Å². The second-order valence-corrected chi connectivity index (χ2v) is 5.05. The Bertz CT molecular complexity index is 441. The summed E-state index contributed by atoms with van der Waals surface area (Å²) in [5, 5.41) is 5.37. The van der Waals surface area contributed by atoms with Crippen molar-refractivity contribution >= 4 is 6.03 Å². The van der Waals surface area contributed by atoms with E-state index in [0.717, 1.165) is 12.1 Å². The Kier molecular flexibility index (Phi) is 5.42. The maximum absolute atomic E-state index is 12.4. The summed E-state index contributed by atoms with van der Waals surface area (Å²) in [4.78, 5) is 11.6. The fourth-order valence-corrected chi connectivity index (χ4v) is 1.42. The molecule has 0 fully saturated rings. The molecule has 1 unspecified atom stereocenters. The number of carbonyl (C=O) groups excluding carboxylic acids is 1. The van der Waals surface area contributed by atoms with Crippen LogP contribution in [0.3, 0.4) is 0 Å².